The molecule has 1 aliphatic heterocycles. The van der Waals surface area contributed by atoms with Gasteiger partial charge in [0.05, 0.1) is 5.60 Å². The molecular weight excluding hydrogens is 306 g/mol. The normalized spacial score (nSPS) is 57.1. The van der Waals surface area contributed by atoms with Crippen LogP contribution < -0.4 is 5.32 Å². The van der Waals surface area contributed by atoms with Gasteiger partial charge in [-0.05, 0) is 94.3 Å². The molecule has 2 nitrogen and oxygen atoms in total. The highest BCUT2D eigenvalue weighted by Crippen LogP contribution is 2.69. The molecule has 1 spiro atoms. The fourth-order valence-corrected chi connectivity index (χ4v) is 8.76. The van der Waals surface area contributed by atoms with Gasteiger partial charge in [0, 0.05) is 12.0 Å². The first kappa shape index (κ1) is 17.0. The fraction of sp³-hybridized carbons (Fsp3) is 1.00. The Morgan fingerprint density at radius 3 is 2.36 bits per heavy atom. The minimum atomic E-state index is -0.137. The maximum absolute atomic E-state index is 6.77. The predicted octanol–water partition coefficient (Wildman–Crippen LogP) is 5.51. The summed E-state index contributed by atoms with van der Waals surface area (Å²) in [5.41, 5.74) is 1.03. The van der Waals surface area contributed by atoms with E-state index in [-0.39, 0.29) is 11.3 Å². The van der Waals surface area contributed by atoms with Crippen LogP contribution in [-0.2, 0) is 4.74 Å². The van der Waals surface area contributed by atoms with Gasteiger partial charge in [0.1, 0.15) is 5.72 Å². The Hall–Kier alpha value is -0.0800. The topological polar surface area (TPSA) is 21.3 Å². The van der Waals surface area contributed by atoms with Crippen molar-refractivity contribution in [2.45, 2.75) is 103 Å². The highest BCUT2D eigenvalue weighted by atomic mass is 16.6. The average Bonchev–Trinajstić information content (AvgIpc) is 3.04. The van der Waals surface area contributed by atoms with Gasteiger partial charge in [-0.15, -0.1) is 0 Å². The van der Waals surface area contributed by atoms with E-state index in [0.29, 0.717) is 10.8 Å². The van der Waals surface area contributed by atoms with Crippen molar-refractivity contribution in [2.75, 3.05) is 6.54 Å². The molecule has 2 heteroatoms. The van der Waals surface area contributed by atoms with Crippen molar-refractivity contribution >= 4 is 0 Å². The second-order valence-electron chi connectivity index (χ2n) is 11.4. The third-order valence-electron chi connectivity index (χ3n) is 10.1. The van der Waals surface area contributed by atoms with E-state index in [4.69, 9.17) is 4.74 Å². The monoisotopic (exact) mass is 345 g/mol. The maximum atomic E-state index is 6.77. The maximum Gasteiger partial charge on any atom is 0.114 e. The third kappa shape index (κ3) is 2.16. The van der Waals surface area contributed by atoms with Crippen molar-refractivity contribution in [1.29, 1.82) is 0 Å². The predicted molar refractivity (Wildman–Crippen MR) is 102 cm³/mol. The first-order valence-corrected chi connectivity index (χ1v) is 11.2. The number of fused-ring (bicyclic) bond motifs is 6. The molecule has 4 aliphatic carbocycles. The van der Waals surface area contributed by atoms with Crippen LogP contribution in [-0.4, -0.2) is 17.9 Å². The molecule has 0 radical (unpaired) electrons. The van der Waals surface area contributed by atoms with Crippen LogP contribution in [0.3, 0.4) is 0 Å². The smallest absolute Gasteiger partial charge is 0.114 e. The zero-order valence-electron chi connectivity index (χ0n) is 17.0. The molecule has 1 saturated heterocycles. The van der Waals surface area contributed by atoms with Crippen LogP contribution in [0, 0.1) is 34.5 Å². The molecule has 0 aromatic carbocycles. The van der Waals surface area contributed by atoms with Crippen molar-refractivity contribution in [3.05, 3.63) is 0 Å². The summed E-state index contributed by atoms with van der Waals surface area (Å²) in [6.07, 6.45) is 14.6. The van der Waals surface area contributed by atoms with Gasteiger partial charge in [-0.3, -0.25) is 5.32 Å². The van der Waals surface area contributed by atoms with E-state index in [2.05, 4.69) is 33.0 Å². The van der Waals surface area contributed by atoms with Crippen LogP contribution in [0.4, 0.5) is 0 Å². The molecule has 0 aromatic heterocycles. The number of nitrogens with one attached hydrogen (secondary N) is 1. The van der Waals surface area contributed by atoms with Crippen LogP contribution >= 0.6 is 0 Å². The summed E-state index contributed by atoms with van der Waals surface area (Å²) < 4.78 is 6.77. The largest absolute Gasteiger partial charge is 0.353 e. The van der Waals surface area contributed by atoms with Gasteiger partial charge >= 0.3 is 0 Å². The molecule has 25 heavy (non-hydrogen) atoms. The summed E-state index contributed by atoms with van der Waals surface area (Å²) >= 11 is 0. The van der Waals surface area contributed by atoms with Crippen LogP contribution in [0.1, 0.15) is 91.9 Å². The van der Waals surface area contributed by atoms with Gasteiger partial charge in [-0.1, -0.05) is 26.7 Å². The summed E-state index contributed by atoms with van der Waals surface area (Å²) in [6.45, 7) is 10.8. The highest BCUT2D eigenvalue weighted by molar-refractivity contribution is 5.17. The van der Waals surface area contributed by atoms with E-state index >= 15 is 0 Å². The molecule has 1 heterocycles. The van der Waals surface area contributed by atoms with E-state index in [1.807, 2.05) is 0 Å². The second-order valence-corrected chi connectivity index (χ2v) is 11.4. The SMILES string of the molecule is CC1(C)NC[C@@]2(CC[C@@H]3[C@@H]4CC[C@H]5CCCC[C@]5(C)[C@H]4CC[C@@]32C)O1. The van der Waals surface area contributed by atoms with Crippen molar-refractivity contribution in [1.82, 2.24) is 5.32 Å². The van der Waals surface area contributed by atoms with Crippen LogP contribution in [0.2, 0.25) is 0 Å². The van der Waals surface area contributed by atoms with Gasteiger partial charge in [0.15, 0.2) is 0 Å². The molecule has 1 N–H and O–H groups in total. The van der Waals surface area contributed by atoms with Crippen molar-refractivity contribution in [3.8, 4) is 0 Å². The summed E-state index contributed by atoms with van der Waals surface area (Å²) in [5.74, 6) is 3.92. The second kappa shape index (κ2) is 5.25. The molecule has 7 atom stereocenters. The average molecular weight is 346 g/mol. The quantitative estimate of drug-likeness (QED) is 0.624. The molecule has 0 bridgehead atoms. The highest BCUT2D eigenvalue weighted by Gasteiger charge is 2.67. The summed E-state index contributed by atoms with van der Waals surface area (Å²) in [7, 11) is 0. The van der Waals surface area contributed by atoms with Crippen LogP contribution in [0.5, 0.6) is 0 Å². The Kier molecular flexibility index (Phi) is 3.58. The van der Waals surface area contributed by atoms with E-state index in [1.54, 1.807) is 0 Å². The molecule has 5 aliphatic rings. The molecule has 0 aromatic rings. The van der Waals surface area contributed by atoms with Gasteiger partial charge in [-0.2, -0.15) is 0 Å². The van der Waals surface area contributed by atoms with Crippen molar-refractivity contribution in [2.24, 2.45) is 34.5 Å². The number of hydrogen-bond acceptors (Lipinski definition) is 2. The summed E-state index contributed by atoms with van der Waals surface area (Å²) in [5, 5.41) is 3.69. The Labute approximate surface area is 154 Å². The minimum Gasteiger partial charge on any atom is -0.353 e. The molecule has 142 valence electrons. The molecule has 5 fully saturated rings. The summed E-state index contributed by atoms with van der Waals surface area (Å²) in [6, 6.07) is 0. The van der Waals surface area contributed by atoms with E-state index in [0.717, 1.165) is 30.2 Å². The Morgan fingerprint density at radius 1 is 0.800 bits per heavy atom. The number of rotatable bonds is 0. The standard InChI is InChI=1S/C23H39NO/c1-20(2)24-15-23(25-20)14-11-19-17-9-8-16-7-5-6-12-21(16,3)18(17)10-13-22(19,23)4/h16-19,24H,5-15H2,1-4H3/t16-,17-,18+,19-,21+,22+,23-/m1/s1. The van der Waals surface area contributed by atoms with Gasteiger partial charge in [-0.25, -0.2) is 0 Å². The Bertz CT molecular complexity index is 558. The van der Waals surface area contributed by atoms with Crippen molar-refractivity contribution < 1.29 is 4.74 Å². The fourth-order valence-electron chi connectivity index (χ4n) is 8.76. The molecule has 5 rings (SSSR count). The van der Waals surface area contributed by atoms with Gasteiger partial charge < -0.3 is 4.74 Å². The molecular formula is C23H39NO. The zero-order valence-corrected chi connectivity index (χ0v) is 17.0. The Morgan fingerprint density at radius 2 is 1.60 bits per heavy atom. The van der Waals surface area contributed by atoms with Gasteiger partial charge in [0.2, 0.25) is 0 Å². The van der Waals surface area contributed by atoms with Crippen LogP contribution in [0.25, 0.3) is 0 Å². The van der Waals surface area contributed by atoms with Crippen LogP contribution in [0.15, 0.2) is 0 Å². The minimum absolute atomic E-state index is 0.108. The zero-order chi connectivity index (χ0) is 17.5. The lowest BCUT2D eigenvalue weighted by Crippen LogP contribution is -2.57. The molecule has 0 unspecified atom stereocenters. The lowest BCUT2D eigenvalue weighted by atomic mass is 9.44. The lowest BCUT2D eigenvalue weighted by molar-refractivity contribution is -0.180. The number of hydrogen-bond donors (Lipinski definition) is 1. The lowest BCUT2D eigenvalue weighted by Gasteiger charge is -2.61. The van der Waals surface area contributed by atoms with E-state index in [9.17, 15) is 0 Å². The van der Waals surface area contributed by atoms with E-state index in [1.165, 1.54) is 64.2 Å². The molecule has 4 saturated carbocycles. The summed E-state index contributed by atoms with van der Waals surface area (Å²) in [4.78, 5) is 0. The third-order valence-corrected chi connectivity index (χ3v) is 10.1. The van der Waals surface area contributed by atoms with Crippen molar-refractivity contribution in [3.63, 3.8) is 0 Å². The Balaban J connectivity index is 1.46. The van der Waals surface area contributed by atoms with E-state index < -0.39 is 0 Å². The first-order valence-electron chi connectivity index (χ1n) is 11.2. The molecule has 0 amide bonds. The van der Waals surface area contributed by atoms with Gasteiger partial charge in [0.25, 0.3) is 0 Å². The first-order chi connectivity index (χ1) is 11.8. The number of ether oxygens (including phenoxy) is 1.